The molecule has 0 saturated heterocycles. The summed E-state index contributed by atoms with van der Waals surface area (Å²) in [6, 6.07) is 2.21. The Balaban J connectivity index is 2.17. The van der Waals surface area contributed by atoms with Gasteiger partial charge in [-0.05, 0) is 25.0 Å². The van der Waals surface area contributed by atoms with E-state index in [-0.39, 0.29) is 23.2 Å². The van der Waals surface area contributed by atoms with Gasteiger partial charge in [-0.3, -0.25) is 0 Å². The Morgan fingerprint density at radius 2 is 2.00 bits per heavy atom. The smallest absolute Gasteiger partial charge is 0.167 e. The molecule has 2 aromatic rings. The highest BCUT2D eigenvalue weighted by Crippen LogP contribution is 2.39. The van der Waals surface area contributed by atoms with Crippen molar-refractivity contribution in [3.05, 3.63) is 34.6 Å². The molecule has 0 radical (unpaired) electrons. The van der Waals surface area contributed by atoms with Crippen molar-refractivity contribution in [2.24, 2.45) is 5.73 Å². The number of benzene rings is 1. The first-order valence-corrected chi connectivity index (χ1v) is 6.28. The van der Waals surface area contributed by atoms with Crippen LogP contribution in [0.5, 0.6) is 0 Å². The lowest BCUT2D eigenvalue weighted by molar-refractivity contribution is 0.599. The summed E-state index contributed by atoms with van der Waals surface area (Å²) in [5.74, 6) is -0.426. The van der Waals surface area contributed by atoms with Crippen LogP contribution in [0.25, 0.3) is 11.4 Å². The zero-order chi connectivity index (χ0) is 13.6. The average Bonchev–Trinajstić information content (AvgIpc) is 3.13. The lowest BCUT2D eigenvalue weighted by Gasteiger charge is -2.09. The van der Waals surface area contributed by atoms with Gasteiger partial charge in [0.1, 0.15) is 17.5 Å². The molecule has 0 unspecified atom stereocenters. The molecule has 3 rings (SSSR count). The highest BCUT2D eigenvalue weighted by atomic mass is 35.5. The quantitative estimate of drug-likeness (QED) is 0.882. The topological polar surface area (TPSA) is 56.7 Å². The summed E-state index contributed by atoms with van der Waals surface area (Å²) in [5.41, 5.74) is 5.64. The summed E-state index contributed by atoms with van der Waals surface area (Å²) in [5, 5.41) is 7.61. The first-order chi connectivity index (χ1) is 9.11. The van der Waals surface area contributed by atoms with Crippen LogP contribution in [-0.4, -0.2) is 14.8 Å². The van der Waals surface area contributed by atoms with Crippen LogP contribution in [0.3, 0.4) is 0 Å². The molecule has 0 aliphatic heterocycles. The normalized spacial score (nSPS) is 14.9. The van der Waals surface area contributed by atoms with Gasteiger partial charge in [0.05, 0.1) is 17.1 Å². The van der Waals surface area contributed by atoms with E-state index < -0.39 is 11.6 Å². The molecular formula is C12H11ClF2N4. The van der Waals surface area contributed by atoms with Crippen molar-refractivity contribution in [1.82, 2.24) is 14.8 Å². The summed E-state index contributed by atoms with van der Waals surface area (Å²) in [4.78, 5) is 0. The molecule has 1 aliphatic rings. The second-order valence-corrected chi connectivity index (χ2v) is 4.90. The molecule has 0 atom stereocenters. The zero-order valence-electron chi connectivity index (χ0n) is 9.91. The third kappa shape index (κ3) is 2.11. The highest BCUT2D eigenvalue weighted by Gasteiger charge is 2.30. The highest BCUT2D eigenvalue weighted by molar-refractivity contribution is 6.30. The standard InChI is InChI=1S/C12H11ClF2N4/c13-8-4-9(14)7(3-10(8)15)12-18-17-11(5-16)19(12)6-1-2-6/h3-4,6H,1-2,5,16H2. The van der Waals surface area contributed by atoms with E-state index >= 15 is 0 Å². The van der Waals surface area contributed by atoms with E-state index in [1.807, 2.05) is 0 Å². The van der Waals surface area contributed by atoms with Crippen molar-refractivity contribution < 1.29 is 8.78 Å². The Morgan fingerprint density at radius 1 is 1.26 bits per heavy atom. The Kier molecular flexibility index (Phi) is 2.99. The van der Waals surface area contributed by atoms with Crippen LogP contribution < -0.4 is 5.73 Å². The SMILES string of the molecule is NCc1nnc(-c2cc(F)c(Cl)cc2F)n1C1CC1. The van der Waals surface area contributed by atoms with Gasteiger partial charge in [-0.1, -0.05) is 11.6 Å². The molecule has 0 amide bonds. The lowest BCUT2D eigenvalue weighted by Crippen LogP contribution is -2.08. The maximum Gasteiger partial charge on any atom is 0.167 e. The van der Waals surface area contributed by atoms with E-state index in [1.165, 1.54) is 0 Å². The maximum atomic E-state index is 13.9. The van der Waals surface area contributed by atoms with Gasteiger partial charge < -0.3 is 10.3 Å². The molecule has 1 saturated carbocycles. The number of hydrogen-bond acceptors (Lipinski definition) is 3. The van der Waals surface area contributed by atoms with Crippen LogP contribution in [0.1, 0.15) is 24.7 Å². The minimum absolute atomic E-state index is 0.0565. The van der Waals surface area contributed by atoms with Crippen LogP contribution in [0.15, 0.2) is 12.1 Å². The predicted octanol–water partition coefficient (Wildman–Crippen LogP) is 2.67. The first kappa shape index (κ1) is 12.5. The summed E-state index contributed by atoms with van der Waals surface area (Å²) < 4.78 is 29.2. The molecule has 19 heavy (non-hydrogen) atoms. The van der Waals surface area contributed by atoms with Gasteiger partial charge in [0.25, 0.3) is 0 Å². The molecule has 4 nitrogen and oxygen atoms in total. The third-order valence-electron chi connectivity index (χ3n) is 3.11. The van der Waals surface area contributed by atoms with Crippen molar-refractivity contribution in [1.29, 1.82) is 0 Å². The summed E-state index contributed by atoms with van der Waals surface area (Å²) >= 11 is 5.54. The molecule has 1 aromatic heterocycles. The van der Waals surface area contributed by atoms with Gasteiger partial charge in [-0.2, -0.15) is 0 Å². The zero-order valence-corrected chi connectivity index (χ0v) is 10.7. The fourth-order valence-corrected chi connectivity index (χ4v) is 2.21. The van der Waals surface area contributed by atoms with Crippen molar-refractivity contribution >= 4 is 11.6 Å². The second-order valence-electron chi connectivity index (χ2n) is 4.49. The molecular weight excluding hydrogens is 274 g/mol. The Bertz CT molecular complexity index is 637. The molecule has 100 valence electrons. The maximum absolute atomic E-state index is 13.9. The van der Waals surface area contributed by atoms with E-state index in [2.05, 4.69) is 10.2 Å². The second kappa shape index (κ2) is 4.54. The number of nitrogens with zero attached hydrogens (tertiary/aromatic N) is 3. The molecule has 0 spiro atoms. The van der Waals surface area contributed by atoms with Crippen LogP contribution in [0.4, 0.5) is 8.78 Å². The monoisotopic (exact) mass is 284 g/mol. The summed E-state index contributed by atoms with van der Waals surface area (Å²) in [7, 11) is 0. The van der Waals surface area contributed by atoms with E-state index in [9.17, 15) is 8.78 Å². The Hall–Kier alpha value is -1.53. The van der Waals surface area contributed by atoms with Gasteiger partial charge >= 0.3 is 0 Å². The number of halogens is 3. The van der Waals surface area contributed by atoms with Crippen molar-refractivity contribution in [2.75, 3.05) is 0 Å². The van der Waals surface area contributed by atoms with E-state index in [0.29, 0.717) is 11.6 Å². The fourth-order valence-electron chi connectivity index (χ4n) is 2.06. The fraction of sp³-hybridized carbons (Fsp3) is 0.333. The Morgan fingerprint density at radius 3 is 2.63 bits per heavy atom. The minimum atomic E-state index is -0.683. The van der Waals surface area contributed by atoms with Gasteiger partial charge in [0.2, 0.25) is 0 Å². The largest absolute Gasteiger partial charge is 0.324 e. The molecule has 1 aliphatic carbocycles. The van der Waals surface area contributed by atoms with Crippen molar-refractivity contribution in [3.8, 4) is 11.4 Å². The van der Waals surface area contributed by atoms with Gasteiger partial charge in [-0.25, -0.2) is 8.78 Å². The van der Waals surface area contributed by atoms with Crippen molar-refractivity contribution in [2.45, 2.75) is 25.4 Å². The van der Waals surface area contributed by atoms with Gasteiger partial charge in [0, 0.05) is 6.04 Å². The summed E-state index contributed by atoms with van der Waals surface area (Å²) in [6.45, 7) is 0.210. The van der Waals surface area contributed by atoms with E-state index in [0.717, 1.165) is 25.0 Å². The third-order valence-corrected chi connectivity index (χ3v) is 3.40. The Labute approximate surface area is 113 Å². The number of rotatable bonds is 3. The van der Waals surface area contributed by atoms with Crippen LogP contribution in [-0.2, 0) is 6.54 Å². The van der Waals surface area contributed by atoms with Crippen LogP contribution in [0, 0.1) is 11.6 Å². The predicted molar refractivity (Wildman–Crippen MR) is 66.5 cm³/mol. The van der Waals surface area contributed by atoms with Crippen LogP contribution in [0.2, 0.25) is 5.02 Å². The molecule has 0 bridgehead atoms. The van der Waals surface area contributed by atoms with E-state index in [4.69, 9.17) is 17.3 Å². The molecule has 1 fully saturated rings. The number of hydrogen-bond donors (Lipinski definition) is 1. The first-order valence-electron chi connectivity index (χ1n) is 5.90. The number of nitrogens with two attached hydrogens (primary N) is 1. The lowest BCUT2D eigenvalue weighted by atomic mass is 10.2. The molecule has 7 heteroatoms. The summed E-state index contributed by atoms with van der Waals surface area (Å²) in [6.07, 6.45) is 1.94. The molecule has 2 N–H and O–H groups in total. The minimum Gasteiger partial charge on any atom is -0.324 e. The van der Waals surface area contributed by atoms with Gasteiger partial charge in [-0.15, -0.1) is 10.2 Å². The van der Waals surface area contributed by atoms with Gasteiger partial charge in [0.15, 0.2) is 5.82 Å². The van der Waals surface area contributed by atoms with Crippen molar-refractivity contribution in [3.63, 3.8) is 0 Å². The molecule has 1 heterocycles. The number of aromatic nitrogens is 3. The molecule has 1 aromatic carbocycles. The van der Waals surface area contributed by atoms with E-state index in [1.54, 1.807) is 4.57 Å². The average molecular weight is 285 g/mol. The van der Waals surface area contributed by atoms with Crippen LogP contribution >= 0.6 is 11.6 Å².